The SMILES string of the molecule is Cc1ccc(S(=O)(=O)C2=CCOC2c2ccccc2)cc1. The van der Waals surface area contributed by atoms with Crippen LogP contribution >= 0.6 is 0 Å². The van der Waals surface area contributed by atoms with Crippen molar-refractivity contribution in [3.8, 4) is 0 Å². The Balaban J connectivity index is 2.00. The third-order valence-corrected chi connectivity index (χ3v) is 5.44. The van der Waals surface area contributed by atoms with Gasteiger partial charge >= 0.3 is 0 Å². The van der Waals surface area contributed by atoms with Gasteiger partial charge in [0.05, 0.1) is 16.4 Å². The van der Waals surface area contributed by atoms with Crippen LogP contribution in [0, 0.1) is 6.92 Å². The highest BCUT2D eigenvalue weighted by molar-refractivity contribution is 7.95. The minimum Gasteiger partial charge on any atom is -0.364 e. The van der Waals surface area contributed by atoms with Gasteiger partial charge in [-0.05, 0) is 30.7 Å². The lowest BCUT2D eigenvalue weighted by molar-refractivity contribution is 0.127. The number of sulfone groups is 1. The van der Waals surface area contributed by atoms with Gasteiger partial charge in [-0.2, -0.15) is 0 Å². The summed E-state index contributed by atoms with van der Waals surface area (Å²) in [5.74, 6) is 0. The molecule has 0 N–H and O–H groups in total. The van der Waals surface area contributed by atoms with Crippen LogP contribution in [0.1, 0.15) is 17.2 Å². The molecule has 3 nitrogen and oxygen atoms in total. The van der Waals surface area contributed by atoms with Crippen molar-refractivity contribution < 1.29 is 13.2 Å². The first-order valence-electron chi connectivity index (χ1n) is 6.77. The predicted molar refractivity (Wildman–Crippen MR) is 81.6 cm³/mol. The second-order valence-corrected chi connectivity index (χ2v) is 7.00. The van der Waals surface area contributed by atoms with E-state index in [2.05, 4.69) is 0 Å². The summed E-state index contributed by atoms with van der Waals surface area (Å²) in [5.41, 5.74) is 1.89. The fourth-order valence-electron chi connectivity index (χ4n) is 2.41. The quantitative estimate of drug-likeness (QED) is 0.872. The Morgan fingerprint density at radius 2 is 1.67 bits per heavy atom. The van der Waals surface area contributed by atoms with Gasteiger partial charge in [0.15, 0.2) is 0 Å². The molecule has 21 heavy (non-hydrogen) atoms. The fourth-order valence-corrected chi connectivity index (χ4v) is 3.95. The molecule has 1 aliphatic rings. The van der Waals surface area contributed by atoms with Gasteiger partial charge in [-0.1, -0.05) is 48.0 Å². The molecule has 3 rings (SSSR count). The predicted octanol–water partition coefficient (Wildman–Crippen LogP) is 3.42. The number of benzene rings is 2. The molecule has 1 aliphatic heterocycles. The molecule has 0 saturated heterocycles. The lowest BCUT2D eigenvalue weighted by atomic mass is 10.1. The summed E-state index contributed by atoms with van der Waals surface area (Å²) < 4.78 is 31.2. The van der Waals surface area contributed by atoms with Crippen molar-refractivity contribution in [1.82, 2.24) is 0 Å². The number of aryl methyl sites for hydroxylation is 1. The summed E-state index contributed by atoms with van der Waals surface area (Å²) in [6, 6.07) is 16.3. The lowest BCUT2D eigenvalue weighted by Crippen LogP contribution is -2.11. The average molecular weight is 300 g/mol. The van der Waals surface area contributed by atoms with E-state index in [9.17, 15) is 8.42 Å². The number of hydrogen-bond acceptors (Lipinski definition) is 3. The van der Waals surface area contributed by atoms with E-state index in [1.165, 1.54) is 0 Å². The molecule has 0 amide bonds. The molecular weight excluding hydrogens is 284 g/mol. The molecule has 1 atom stereocenters. The highest BCUT2D eigenvalue weighted by Crippen LogP contribution is 2.36. The smallest absolute Gasteiger partial charge is 0.205 e. The molecule has 0 radical (unpaired) electrons. The van der Waals surface area contributed by atoms with Crippen LogP contribution < -0.4 is 0 Å². The van der Waals surface area contributed by atoms with Crippen LogP contribution in [0.2, 0.25) is 0 Å². The second-order valence-electron chi connectivity index (χ2n) is 5.05. The highest BCUT2D eigenvalue weighted by Gasteiger charge is 2.32. The average Bonchev–Trinajstić information content (AvgIpc) is 2.99. The van der Waals surface area contributed by atoms with E-state index >= 15 is 0 Å². The van der Waals surface area contributed by atoms with Gasteiger partial charge in [0.2, 0.25) is 9.84 Å². The number of hydrogen-bond donors (Lipinski definition) is 0. The number of ether oxygens (including phenoxy) is 1. The normalized spacial score (nSPS) is 18.5. The molecule has 108 valence electrons. The summed E-state index contributed by atoms with van der Waals surface area (Å²) >= 11 is 0. The summed E-state index contributed by atoms with van der Waals surface area (Å²) in [4.78, 5) is 0.642. The van der Waals surface area contributed by atoms with E-state index in [0.29, 0.717) is 16.4 Å². The first-order chi connectivity index (χ1) is 10.1. The molecule has 1 heterocycles. The maximum Gasteiger partial charge on any atom is 0.205 e. The van der Waals surface area contributed by atoms with Gasteiger partial charge in [-0.15, -0.1) is 0 Å². The van der Waals surface area contributed by atoms with Crippen LogP contribution in [0.25, 0.3) is 0 Å². The fraction of sp³-hybridized carbons (Fsp3) is 0.176. The van der Waals surface area contributed by atoms with Crippen LogP contribution in [-0.2, 0) is 14.6 Å². The Hall–Kier alpha value is -1.91. The zero-order chi connectivity index (χ0) is 14.9. The first-order valence-corrected chi connectivity index (χ1v) is 8.26. The summed E-state index contributed by atoms with van der Waals surface area (Å²) in [6.45, 7) is 2.25. The molecular formula is C17H16O3S. The molecule has 0 spiro atoms. The lowest BCUT2D eigenvalue weighted by Gasteiger charge is -2.15. The highest BCUT2D eigenvalue weighted by atomic mass is 32.2. The van der Waals surface area contributed by atoms with Gasteiger partial charge < -0.3 is 4.74 Å². The van der Waals surface area contributed by atoms with Crippen molar-refractivity contribution in [1.29, 1.82) is 0 Å². The minimum absolute atomic E-state index is 0.311. The van der Waals surface area contributed by atoms with Gasteiger partial charge in [0.1, 0.15) is 6.10 Å². The molecule has 4 heteroatoms. The molecule has 0 aromatic heterocycles. The third kappa shape index (κ3) is 2.64. The van der Waals surface area contributed by atoms with Gasteiger partial charge in [0.25, 0.3) is 0 Å². The molecule has 1 unspecified atom stereocenters. The van der Waals surface area contributed by atoms with Crippen molar-refractivity contribution in [2.24, 2.45) is 0 Å². The molecule has 2 aromatic carbocycles. The Morgan fingerprint density at radius 3 is 2.33 bits per heavy atom. The van der Waals surface area contributed by atoms with E-state index in [0.717, 1.165) is 11.1 Å². The molecule has 0 bridgehead atoms. The van der Waals surface area contributed by atoms with E-state index in [4.69, 9.17) is 4.74 Å². The molecule has 0 saturated carbocycles. The van der Waals surface area contributed by atoms with Crippen molar-refractivity contribution in [2.75, 3.05) is 6.61 Å². The largest absolute Gasteiger partial charge is 0.364 e. The van der Waals surface area contributed by atoms with E-state index in [1.54, 1.807) is 30.3 Å². The van der Waals surface area contributed by atoms with Crippen LogP contribution in [0.3, 0.4) is 0 Å². The van der Waals surface area contributed by atoms with E-state index in [1.807, 2.05) is 37.3 Å². The number of rotatable bonds is 3. The third-order valence-electron chi connectivity index (χ3n) is 3.55. The zero-order valence-electron chi connectivity index (χ0n) is 11.7. The van der Waals surface area contributed by atoms with Gasteiger partial charge in [-0.3, -0.25) is 0 Å². The van der Waals surface area contributed by atoms with E-state index in [-0.39, 0.29) is 0 Å². The Bertz CT molecular complexity index is 759. The monoisotopic (exact) mass is 300 g/mol. The standard InChI is InChI=1S/C17H16O3S/c1-13-7-9-15(10-8-13)21(18,19)16-11-12-20-17(16)14-5-3-2-4-6-14/h2-11,17H,12H2,1H3. The Labute approximate surface area is 124 Å². The van der Waals surface area contributed by atoms with Crippen LogP contribution in [0.4, 0.5) is 0 Å². The van der Waals surface area contributed by atoms with Crippen molar-refractivity contribution >= 4 is 9.84 Å². The van der Waals surface area contributed by atoms with Crippen molar-refractivity contribution in [3.63, 3.8) is 0 Å². The van der Waals surface area contributed by atoms with Gasteiger partial charge in [0, 0.05) is 0 Å². The summed E-state index contributed by atoms with van der Waals surface area (Å²) in [7, 11) is -3.52. The Morgan fingerprint density at radius 1 is 1.00 bits per heavy atom. The maximum atomic E-state index is 12.8. The van der Waals surface area contributed by atoms with Crippen LogP contribution in [-0.4, -0.2) is 15.0 Å². The minimum atomic E-state index is -3.52. The maximum absolute atomic E-state index is 12.8. The Kier molecular flexibility index (Phi) is 3.66. The molecule has 0 fully saturated rings. The van der Waals surface area contributed by atoms with E-state index < -0.39 is 15.9 Å². The van der Waals surface area contributed by atoms with Crippen molar-refractivity contribution in [3.05, 3.63) is 76.7 Å². The second kappa shape index (κ2) is 5.47. The summed E-state index contributed by atoms with van der Waals surface area (Å²) in [6.07, 6.45) is 1.14. The zero-order valence-corrected chi connectivity index (χ0v) is 12.5. The first kappa shape index (κ1) is 14.0. The molecule has 2 aromatic rings. The topological polar surface area (TPSA) is 43.4 Å². The molecule has 0 aliphatic carbocycles. The van der Waals surface area contributed by atoms with Crippen molar-refractivity contribution in [2.45, 2.75) is 17.9 Å². The van der Waals surface area contributed by atoms with Crippen LogP contribution in [0.15, 0.2) is 70.5 Å². The van der Waals surface area contributed by atoms with Gasteiger partial charge in [-0.25, -0.2) is 8.42 Å². The summed E-state index contributed by atoms with van der Waals surface area (Å²) in [5, 5.41) is 0. The van der Waals surface area contributed by atoms with Crippen LogP contribution in [0.5, 0.6) is 0 Å².